The van der Waals surface area contributed by atoms with Crippen LogP contribution in [-0.2, 0) is 9.31 Å². The van der Waals surface area contributed by atoms with Crippen LogP contribution in [-0.4, -0.2) is 50.8 Å². The van der Waals surface area contributed by atoms with Gasteiger partial charge in [0.2, 0.25) is 0 Å². The topological polar surface area (TPSA) is 42.0 Å². The fourth-order valence-corrected chi connectivity index (χ4v) is 3.93. The van der Waals surface area contributed by atoms with E-state index in [1.165, 1.54) is 5.69 Å². The highest BCUT2D eigenvalue weighted by atomic mass is 16.7. The molecule has 0 bridgehead atoms. The van der Waals surface area contributed by atoms with Crippen LogP contribution in [0.2, 0.25) is 0 Å². The van der Waals surface area contributed by atoms with Gasteiger partial charge in [0.1, 0.15) is 0 Å². The second kappa shape index (κ2) is 7.50. The molecular formula is C23H29BN2O3. The Hall–Kier alpha value is -2.31. The Morgan fingerprint density at radius 1 is 0.862 bits per heavy atom. The summed E-state index contributed by atoms with van der Waals surface area (Å²) in [6.45, 7) is 11.8. The Morgan fingerprint density at radius 2 is 1.45 bits per heavy atom. The quantitative estimate of drug-likeness (QED) is 0.591. The summed E-state index contributed by atoms with van der Waals surface area (Å²) in [6, 6.07) is 16.4. The summed E-state index contributed by atoms with van der Waals surface area (Å²) in [6.07, 6.45) is 0.938. The number of carbonyl (C=O) groups is 1. The highest BCUT2D eigenvalue weighted by Crippen LogP contribution is 2.36. The van der Waals surface area contributed by atoms with Crippen LogP contribution in [0, 0.1) is 0 Å². The Labute approximate surface area is 173 Å². The van der Waals surface area contributed by atoms with Crippen LogP contribution in [0.1, 0.15) is 38.1 Å². The van der Waals surface area contributed by atoms with Crippen LogP contribution >= 0.6 is 0 Å². The van der Waals surface area contributed by atoms with E-state index in [4.69, 9.17) is 9.31 Å². The zero-order chi connectivity index (χ0) is 20.6. The normalized spacial score (nSPS) is 20.8. The van der Waals surface area contributed by atoms with E-state index in [1.54, 1.807) is 0 Å². The SMILES string of the molecule is CC1(C)OB(c2ccc(N3CCN(c4ccccc4)CC3)c(C=O)c2)OC1(C)C. The highest BCUT2D eigenvalue weighted by molar-refractivity contribution is 6.62. The lowest BCUT2D eigenvalue weighted by molar-refractivity contribution is 0.00578. The third-order valence-corrected chi connectivity index (χ3v) is 6.45. The fraction of sp³-hybridized carbons (Fsp3) is 0.435. The minimum atomic E-state index is -0.456. The summed E-state index contributed by atoms with van der Waals surface area (Å²) in [5, 5.41) is 0. The molecule has 0 N–H and O–H groups in total. The number of nitrogens with zero attached hydrogens (tertiary/aromatic N) is 2. The van der Waals surface area contributed by atoms with Crippen molar-refractivity contribution in [2.75, 3.05) is 36.0 Å². The molecule has 152 valence electrons. The average molecular weight is 392 g/mol. The summed E-state index contributed by atoms with van der Waals surface area (Å²) in [5.41, 5.74) is 3.01. The molecule has 29 heavy (non-hydrogen) atoms. The molecule has 5 nitrogen and oxygen atoms in total. The van der Waals surface area contributed by atoms with Gasteiger partial charge < -0.3 is 19.1 Å². The van der Waals surface area contributed by atoms with Crippen molar-refractivity contribution >= 4 is 30.2 Å². The van der Waals surface area contributed by atoms with Crippen LogP contribution in [0.3, 0.4) is 0 Å². The summed E-state index contributed by atoms with van der Waals surface area (Å²) in [7, 11) is -0.456. The maximum Gasteiger partial charge on any atom is 0.494 e. The number of rotatable bonds is 4. The monoisotopic (exact) mass is 392 g/mol. The largest absolute Gasteiger partial charge is 0.494 e. The van der Waals surface area contributed by atoms with Gasteiger partial charge in [-0.05, 0) is 57.4 Å². The van der Waals surface area contributed by atoms with E-state index in [-0.39, 0.29) is 0 Å². The van der Waals surface area contributed by atoms with E-state index in [1.807, 2.05) is 52.0 Å². The van der Waals surface area contributed by atoms with Crippen molar-refractivity contribution in [3.8, 4) is 0 Å². The second-order valence-electron chi connectivity index (χ2n) is 8.83. The summed E-state index contributed by atoms with van der Waals surface area (Å²) in [4.78, 5) is 16.5. The standard InChI is InChI=1S/C23H29BN2O3/c1-22(2)23(3,4)29-24(28-22)19-10-11-21(18(16-19)17-27)26-14-12-25(13-15-26)20-8-6-5-7-9-20/h5-11,16-17H,12-15H2,1-4H3. The molecule has 0 aliphatic carbocycles. The molecule has 0 atom stereocenters. The zero-order valence-corrected chi connectivity index (χ0v) is 17.7. The molecular weight excluding hydrogens is 363 g/mol. The van der Waals surface area contributed by atoms with Crippen molar-refractivity contribution < 1.29 is 14.1 Å². The smallest absolute Gasteiger partial charge is 0.399 e. The van der Waals surface area contributed by atoms with Gasteiger partial charge in [0, 0.05) is 43.1 Å². The minimum Gasteiger partial charge on any atom is -0.399 e. The number of benzene rings is 2. The molecule has 2 heterocycles. The van der Waals surface area contributed by atoms with Crippen LogP contribution < -0.4 is 15.3 Å². The first kappa shape index (κ1) is 20.0. The lowest BCUT2D eigenvalue weighted by atomic mass is 9.78. The number of hydrogen-bond donors (Lipinski definition) is 0. The third-order valence-electron chi connectivity index (χ3n) is 6.45. The van der Waals surface area contributed by atoms with Gasteiger partial charge in [-0.2, -0.15) is 0 Å². The first-order chi connectivity index (χ1) is 13.8. The molecule has 0 unspecified atom stereocenters. The van der Waals surface area contributed by atoms with Crippen molar-refractivity contribution in [3.05, 3.63) is 54.1 Å². The molecule has 0 amide bonds. The molecule has 2 aromatic rings. The molecule has 0 radical (unpaired) electrons. The highest BCUT2D eigenvalue weighted by Gasteiger charge is 2.51. The first-order valence-electron chi connectivity index (χ1n) is 10.3. The van der Waals surface area contributed by atoms with Crippen molar-refractivity contribution in [1.29, 1.82) is 0 Å². The van der Waals surface area contributed by atoms with E-state index in [9.17, 15) is 4.79 Å². The van der Waals surface area contributed by atoms with Gasteiger partial charge in [-0.3, -0.25) is 4.79 Å². The van der Waals surface area contributed by atoms with Gasteiger partial charge in [0.25, 0.3) is 0 Å². The van der Waals surface area contributed by atoms with Crippen molar-refractivity contribution in [3.63, 3.8) is 0 Å². The van der Waals surface area contributed by atoms with Gasteiger partial charge in [0.15, 0.2) is 6.29 Å². The summed E-state index contributed by atoms with van der Waals surface area (Å²) in [5.74, 6) is 0. The van der Waals surface area contributed by atoms with E-state index in [2.05, 4.69) is 34.1 Å². The van der Waals surface area contributed by atoms with Gasteiger partial charge in [-0.25, -0.2) is 0 Å². The van der Waals surface area contributed by atoms with Crippen molar-refractivity contribution in [1.82, 2.24) is 0 Å². The van der Waals surface area contributed by atoms with E-state index < -0.39 is 18.3 Å². The molecule has 0 saturated carbocycles. The van der Waals surface area contributed by atoms with Crippen LogP contribution in [0.25, 0.3) is 0 Å². The molecule has 2 aliphatic rings. The van der Waals surface area contributed by atoms with Gasteiger partial charge in [-0.15, -0.1) is 0 Å². The number of carbonyl (C=O) groups excluding carboxylic acids is 1. The van der Waals surface area contributed by atoms with Crippen LogP contribution in [0.4, 0.5) is 11.4 Å². The molecule has 6 heteroatoms. The number of anilines is 2. The van der Waals surface area contributed by atoms with E-state index in [0.717, 1.165) is 43.6 Å². The summed E-state index contributed by atoms with van der Waals surface area (Å²) >= 11 is 0. The number of para-hydroxylation sites is 1. The second-order valence-corrected chi connectivity index (χ2v) is 8.83. The van der Waals surface area contributed by atoms with Gasteiger partial charge in [-0.1, -0.05) is 24.3 Å². The molecule has 2 fully saturated rings. The van der Waals surface area contributed by atoms with Gasteiger partial charge >= 0.3 is 7.12 Å². The van der Waals surface area contributed by atoms with Gasteiger partial charge in [0.05, 0.1) is 11.2 Å². The number of piperazine rings is 1. The van der Waals surface area contributed by atoms with E-state index in [0.29, 0.717) is 5.56 Å². The van der Waals surface area contributed by atoms with Crippen molar-refractivity contribution in [2.24, 2.45) is 0 Å². The molecule has 0 aromatic heterocycles. The van der Waals surface area contributed by atoms with Crippen LogP contribution in [0.15, 0.2) is 48.5 Å². The molecule has 0 spiro atoms. The average Bonchev–Trinajstić information content (AvgIpc) is 2.95. The van der Waals surface area contributed by atoms with Crippen molar-refractivity contribution in [2.45, 2.75) is 38.9 Å². The summed E-state index contributed by atoms with van der Waals surface area (Å²) < 4.78 is 12.3. The van der Waals surface area contributed by atoms with E-state index >= 15 is 0 Å². The minimum absolute atomic E-state index is 0.397. The lowest BCUT2D eigenvalue weighted by Crippen LogP contribution is -2.47. The molecule has 2 saturated heterocycles. The maximum absolute atomic E-state index is 11.9. The molecule has 2 aliphatic heterocycles. The first-order valence-corrected chi connectivity index (χ1v) is 10.3. The number of aldehydes is 1. The Kier molecular flexibility index (Phi) is 5.17. The third kappa shape index (κ3) is 3.79. The Bertz CT molecular complexity index is 861. The Balaban J connectivity index is 1.49. The molecule has 4 rings (SSSR count). The Morgan fingerprint density at radius 3 is 2.03 bits per heavy atom. The predicted octanol–water partition coefficient (Wildman–Crippen LogP) is 3.12. The maximum atomic E-state index is 11.9. The van der Waals surface area contributed by atoms with Crippen LogP contribution in [0.5, 0.6) is 0 Å². The fourth-order valence-electron chi connectivity index (χ4n) is 3.93. The predicted molar refractivity (Wildman–Crippen MR) is 118 cm³/mol. The number of hydrogen-bond acceptors (Lipinski definition) is 5. The zero-order valence-electron chi connectivity index (χ0n) is 17.7. The molecule has 2 aromatic carbocycles. The lowest BCUT2D eigenvalue weighted by Gasteiger charge is -2.38.